The molecule has 0 bridgehead atoms. The number of ether oxygens (including phenoxy) is 3. The summed E-state index contributed by atoms with van der Waals surface area (Å²) in [7, 11) is 3.12. The number of aryl methyl sites for hydroxylation is 1. The van der Waals surface area contributed by atoms with Crippen molar-refractivity contribution >= 4 is 12.0 Å². The molecule has 38 heavy (non-hydrogen) atoms. The Morgan fingerprint density at radius 3 is 2.42 bits per heavy atom. The molecule has 1 atom stereocenters. The fraction of sp³-hybridized carbons (Fsp3) is 0.207. The van der Waals surface area contributed by atoms with E-state index in [1.165, 1.54) is 19.2 Å². The van der Waals surface area contributed by atoms with Crippen LogP contribution in [-0.2, 0) is 22.6 Å². The molecule has 194 valence electrons. The summed E-state index contributed by atoms with van der Waals surface area (Å²) in [5.74, 6) is -0.00904. The van der Waals surface area contributed by atoms with Crippen LogP contribution < -0.4 is 20.1 Å². The fourth-order valence-corrected chi connectivity index (χ4v) is 4.16. The summed E-state index contributed by atoms with van der Waals surface area (Å²) in [6.07, 6.45) is 0.907. The van der Waals surface area contributed by atoms with Crippen molar-refractivity contribution in [3.63, 3.8) is 0 Å². The van der Waals surface area contributed by atoms with Crippen molar-refractivity contribution in [3.05, 3.63) is 106 Å². The Morgan fingerprint density at radius 1 is 0.974 bits per heavy atom. The number of nitriles is 1. The number of hydrogen-bond acceptors (Lipinski definition) is 6. The molecule has 0 spiro atoms. The van der Waals surface area contributed by atoms with Gasteiger partial charge in [-0.25, -0.2) is 14.0 Å². The van der Waals surface area contributed by atoms with Crippen LogP contribution in [0.5, 0.6) is 11.5 Å². The lowest BCUT2D eigenvalue weighted by Crippen LogP contribution is -2.46. The van der Waals surface area contributed by atoms with Crippen LogP contribution in [0.2, 0.25) is 0 Å². The lowest BCUT2D eigenvalue weighted by molar-refractivity contribution is -0.140. The minimum atomic E-state index is -0.792. The standard InChI is InChI=1S/C29H26FN3O5/c1-36-22-10-6-18(7-11-22)9-13-25-26(28(34)38-17-19-8-12-24(30)21(14-19)16-31)27(33-29(35)32-25)20-4-3-5-23(15-20)37-2/h3-8,10-12,14-15,27H,9,13,17H2,1-2H3,(H2,32,33,35). The predicted molar refractivity (Wildman–Crippen MR) is 137 cm³/mol. The highest BCUT2D eigenvalue weighted by Crippen LogP contribution is 2.31. The smallest absolute Gasteiger partial charge is 0.338 e. The normalized spacial score (nSPS) is 14.7. The van der Waals surface area contributed by atoms with Gasteiger partial charge in [-0.05, 0) is 65.9 Å². The van der Waals surface area contributed by atoms with Crippen LogP contribution in [0.15, 0.2) is 78.0 Å². The Bertz CT molecular complexity index is 1410. The van der Waals surface area contributed by atoms with E-state index in [0.717, 1.165) is 17.4 Å². The van der Waals surface area contributed by atoms with E-state index in [0.29, 0.717) is 35.4 Å². The molecule has 1 heterocycles. The Hall–Kier alpha value is -4.84. The first-order valence-corrected chi connectivity index (χ1v) is 11.8. The summed E-state index contributed by atoms with van der Waals surface area (Å²) in [6, 6.07) is 19.1. The molecular formula is C29H26FN3O5. The molecule has 3 aromatic carbocycles. The molecule has 0 saturated heterocycles. The maximum atomic E-state index is 13.7. The van der Waals surface area contributed by atoms with E-state index >= 15 is 0 Å². The monoisotopic (exact) mass is 515 g/mol. The van der Waals surface area contributed by atoms with E-state index in [1.807, 2.05) is 24.3 Å². The number of nitrogens with zero attached hydrogens (tertiary/aromatic N) is 1. The van der Waals surface area contributed by atoms with Crippen LogP contribution in [0.3, 0.4) is 0 Å². The molecule has 1 unspecified atom stereocenters. The zero-order chi connectivity index (χ0) is 27.1. The first-order chi connectivity index (χ1) is 18.4. The summed E-state index contributed by atoms with van der Waals surface area (Å²) in [4.78, 5) is 26.1. The van der Waals surface area contributed by atoms with Gasteiger partial charge in [-0.3, -0.25) is 0 Å². The van der Waals surface area contributed by atoms with Crippen LogP contribution in [0.1, 0.15) is 34.7 Å². The van der Waals surface area contributed by atoms with Gasteiger partial charge in [0.2, 0.25) is 0 Å². The Morgan fingerprint density at radius 2 is 1.71 bits per heavy atom. The molecule has 0 fully saturated rings. The highest BCUT2D eigenvalue weighted by Gasteiger charge is 2.34. The number of esters is 1. The molecule has 9 heteroatoms. The van der Waals surface area contributed by atoms with Crippen LogP contribution in [0, 0.1) is 17.1 Å². The molecule has 0 aromatic heterocycles. The summed E-state index contributed by atoms with van der Waals surface area (Å²) >= 11 is 0. The van der Waals surface area contributed by atoms with Gasteiger partial charge in [-0.2, -0.15) is 5.26 Å². The number of methoxy groups -OCH3 is 2. The van der Waals surface area contributed by atoms with Crippen molar-refractivity contribution in [3.8, 4) is 17.6 Å². The average molecular weight is 516 g/mol. The lowest BCUT2D eigenvalue weighted by Gasteiger charge is -2.29. The van der Waals surface area contributed by atoms with Crippen LogP contribution in [0.25, 0.3) is 0 Å². The number of carbonyl (C=O) groups is 2. The van der Waals surface area contributed by atoms with Gasteiger partial charge in [0, 0.05) is 5.70 Å². The second-order valence-electron chi connectivity index (χ2n) is 8.55. The Balaban J connectivity index is 1.65. The summed E-state index contributed by atoms with van der Waals surface area (Å²) < 4.78 is 29.8. The number of rotatable bonds is 9. The van der Waals surface area contributed by atoms with Gasteiger partial charge in [0.15, 0.2) is 0 Å². The van der Waals surface area contributed by atoms with Gasteiger partial charge in [-0.1, -0.05) is 30.3 Å². The minimum absolute atomic E-state index is 0.140. The third-order valence-corrected chi connectivity index (χ3v) is 6.14. The van der Waals surface area contributed by atoms with Crippen molar-refractivity contribution in [2.45, 2.75) is 25.5 Å². The summed E-state index contributed by atoms with van der Waals surface area (Å²) in [5.41, 5.74) is 2.63. The third-order valence-electron chi connectivity index (χ3n) is 6.14. The molecule has 2 N–H and O–H groups in total. The number of hydrogen-bond donors (Lipinski definition) is 2. The van der Waals surface area contributed by atoms with E-state index in [4.69, 9.17) is 19.5 Å². The van der Waals surface area contributed by atoms with E-state index in [9.17, 15) is 14.0 Å². The minimum Gasteiger partial charge on any atom is -0.497 e. The van der Waals surface area contributed by atoms with Gasteiger partial charge in [0.05, 0.1) is 31.4 Å². The van der Waals surface area contributed by atoms with Crippen molar-refractivity contribution in [2.75, 3.05) is 14.2 Å². The highest BCUT2D eigenvalue weighted by molar-refractivity contribution is 5.95. The van der Waals surface area contributed by atoms with Gasteiger partial charge in [0.25, 0.3) is 0 Å². The number of amides is 2. The summed E-state index contributed by atoms with van der Waals surface area (Å²) in [5, 5.41) is 14.7. The van der Waals surface area contributed by atoms with Crippen molar-refractivity contribution in [1.29, 1.82) is 5.26 Å². The van der Waals surface area contributed by atoms with Gasteiger partial charge in [0.1, 0.15) is 30.0 Å². The third kappa shape index (κ3) is 6.10. The lowest BCUT2D eigenvalue weighted by atomic mass is 9.93. The largest absolute Gasteiger partial charge is 0.497 e. The van der Waals surface area contributed by atoms with E-state index in [2.05, 4.69) is 10.6 Å². The van der Waals surface area contributed by atoms with E-state index in [-0.39, 0.29) is 17.7 Å². The first kappa shape index (κ1) is 26.2. The SMILES string of the molecule is COc1ccc(CCC2=C(C(=O)OCc3ccc(F)c(C#N)c3)C(c3cccc(OC)c3)NC(=O)N2)cc1. The van der Waals surface area contributed by atoms with E-state index < -0.39 is 23.9 Å². The molecular weight excluding hydrogens is 489 g/mol. The van der Waals surface area contributed by atoms with Crippen LogP contribution >= 0.6 is 0 Å². The molecule has 0 radical (unpaired) electrons. The number of urea groups is 1. The second kappa shape index (κ2) is 11.9. The molecule has 0 aliphatic carbocycles. The number of halogens is 1. The Kier molecular flexibility index (Phi) is 8.23. The predicted octanol–water partition coefficient (Wildman–Crippen LogP) is 4.70. The van der Waals surface area contributed by atoms with Crippen molar-refractivity contribution < 1.29 is 28.2 Å². The second-order valence-corrected chi connectivity index (χ2v) is 8.55. The number of carbonyl (C=O) groups excluding carboxylic acids is 2. The molecule has 4 rings (SSSR count). The van der Waals surface area contributed by atoms with Crippen molar-refractivity contribution in [1.82, 2.24) is 10.6 Å². The van der Waals surface area contributed by atoms with Crippen LogP contribution in [0.4, 0.5) is 9.18 Å². The van der Waals surface area contributed by atoms with E-state index in [1.54, 1.807) is 37.4 Å². The maximum Gasteiger partial charge on any atom is 0.338 e. The fourth-order valence-electron chi connectivity index (χ4n) is 4.16. The van der Waals surface area contributed by atoms with Crippen LogP contribution in [-0.4, -0.2) is 26.2 Å². The Labute approximate surface area is 219 Å². The van der Waals surface area contributed by atoms with Gasteiger partial charge < -0.3 is 24.8 Å². The van der Waals surface area contributed by atoms with Gasteiger partial charge in [-0.15, -0.1) is 0 Å². The van der Waals surface area contributed by atoms with Crippen molar-refractivity contribution in [2.24, 2.45) is 0 Å². The maximum absolute atomic E-state index is 13.7. The topological polar surface area (TPSA) is 110 Å². The zero-order valence-corrected chi connectivity index (χ0v) is 20.9. The number of benzene rings is 3. The molecule has 1 aliphatic rings. The number of nitrogens with one attached hydrogen (secondary N) is 2. The molecule has 8 nitrogen and oxygen atoms in total. The molecule has 1 aliphatic heterocycles. The first-order valence-electron chi connectivity index (χ1n) is 11.8. The summed E-state index contributed by atoms with van der Waals surface area (Å²) in [6.45, 7) is -0.179. The highest BCUT2D eigenvalue weighted by atomic mass is 19.1. The molecule has 2 amide bonds. The quantitative estimate of drug-likeness (QED) is 0.400. The van der Waals surface area contributed by atoms with Gasteiger partial charge >= 0.3 is 12.0 Å². The average Bonchev–Trinajstić information content (AvgIpc) is 2.95. The number of allylic oxidation sites excluding steroid dienone is 1. The molecule has 3 aromatic rings. The zero-order valence-electron chi connectivity index (χ0n) is 20.9. The molecule has 0 saturated carbocycles.